The fraction of sp³-hybridized carbons (Fsp3) is 0.429. The van der Waals surface area contributed by atoms with Crippen LogP contribution in [0.15, 0.2) is 11.1 Å². The lowest BCUT2D eigenvalue weighted by Crippen LogP contribution is -2.39. The van der Waals surface area contributed by atoms with E-state index in [1.807, 2.05) is 4.72 Å². The Hall–Kier alpha value is -1.45. The van der Waals surface area contributed by atoms with Gasteiger partial charge >= 0.3 is 0 Å². The highest BCUT2D eigenvalue weighted by Crippen LogP contribution is 2.10. The molecule has 16 heavy (non-hydrogen) atoms. The standard InChI is InChI=1S/C7H12N4O4S/c1-4-6(3-9-11-4)16(14,15)10-2-5(12)7(8)13/h3,5,10,12H,2H2,1H3,(H2,8,13)(H,9,11). The highest BCUT2D eigenvalue weighted by atomic mass is 32.2. The van der Waals surface area contributed by atoms with Crippen molar-refractivity contribution < 1.29 is 18.3 Å². The molecule has 1 rings (SSSR count). The van der Waals surface area contributed by atoms with Crippen molar-refractivity contribution in [1.29, 1.82) is 0 Å². The summed E-state index contributed by atoms with van der Waals surface area (Å²) in [7, 11) is -3.79. The number of carbonyl (C=O) groups excluding carboxylic acids is 1. The van der Waals surface area contributed by atoms with Crippen LogP contribution >= 0.6 is 0 Å². The third-order valence-corrected chi connectivity index (χ3v) is 3.41. The number of aromatic amines is 1. The molecule has 0 bridgehead atoms. The highest BCUT2D eigenvalue weighted by Gasteiger charge is 2.21. The number of rotatable bonds is 5. The predicted octanol–water partition coefficient (Wildman–Crippen LogP) is -2.16. The lowest BCUT2D eigenvalue weighted by molar-refractivity contribution is -0.125. The maximum Gasteiger partial charge on any atom is 0.247 e. The number of sulfonamides is 1. The molecule has 5 N–H and O–H groups in total. The summed E-state index contributed by atoms with van der Waals surface area (Å²) >= 11 is 0. The van der Waals surface area contributed by atoms with Gasteiger partial charge in [-0.25, -0.2) is 13.1 Å². The summed E-state index contributed by atoms with van der Waals surface area (Å²) in [6.07, 6.45) is -0.420. The van der Waals surface area contributed by atoms with E-state index in [4.69, 9.17) is 10.8 Å². The number of nitrogens with two attached hydrogens (primary N) is 1. The van der Waals surface area contributed by atoms with Crippen LogP contribution in [0.1, 0.15) is 5.69 Å². The fourth-order valence-electron chi connectivity index (χ4n) is 0.978. The van der Waals surface area contributed by atoms with Crippen molar-refractivity contribution >= 4 is 15.9 Å². The Bertz CT molecular complexity index is 480. The Kier molecular flexibility index (Phi) is 3.62. The zero-order valence-corrected chi connectivity index (χ0v) is 9.28. The van der Waals surface area contributed by atoms with Crippen LogP contribution in [0.2, 0.25) is 0 Å². The summed E-state index contributed by atoms with van der Waals surface area (Å²) in [5.74, 6) is -0.994. The number of amides is 1. The van der Waals surface area contributed by atoms with Crippen LogP contribution in [0.4, 0.5) is 0 Å². The number of hydrogen-bond donors (Lipinski definition) is 4. The van der Waals surface area contributed by atoms with Crippen molar-refractivity contribution in [3.05, 3.63) is 11.9 Å². The Morgan fingerprint density at radius 3 is 2.81 bits per heavy atom. The van der Waals surface area contributed by atoms with E-state index < -0.39 is 28.6 Å². The smallest absolute Gasteiger partial charge is 0.247 e. The molecular formula is C7H12N4O4S. The molecule has 0 aromatic carbocycles. The van der Waals surface area contributed by atoms with Crippen molar-refractivity contribution in [3.8, 4) is 0 Å². The average Bonchev–Trinajstić information content (AvgIpc) is 2.61. The summed E-state index contributed by atoms with van der Waals surface area (Å²) in [4.78, 5) is 10.5. The van der Waals surface area contributed by atoms with Gasteiger partial charge in [-0.05, 0) is 6.92 Å². The van der Waals surface area contributed by atoms with Gasteiger partial charge in [-0.15, -0.1) is 0 Å². The third kappa shape index (κ3) is 2.78. The second kappa shape index (κ2) is 4.60. The summed E-state index contributed by atoms with van der Waals surface area (Å²) in [5.41, 5.74) is 5.13. The zero-order chi connectivity index (χ0) is 12.3. The molecule has 0 aliphatic rings. The molecule has 1 amide bonds. The molecule has 90 valence electrons. The van der Waals surface area contributed by atoms with Crippen molar-refractivity contribution in [3.63, 3.8) is 0 Å². The molecule has 0 aliphatic carbocycles. The van der Waals surface area contributed by atoms with E-state index >= 15 is 0 Å². The molecule has 1 aromatic heterocycles. The van der Waals surface area contributed by atoms with E-state index in [9.17, 15) is 13.2 Å². The quantitative estimate of drug-likeness (QED) is 0.470. The van der Waals surface area contributed by atoms with E-state index in [0.29, 0.717) is 5.69 Å². The number of nitrogens with zero attached hydrogens (tertiary/aromatic N) is 1. The summed E-state index contributed by atoms with van der Waals surface area (Å²) in [6.45, 7) is 1.06. The number of aliphatic hydroxyl groups is 1. The van der Waals surface area contributed by atoms with Gasteiger partial charge in [0.25, 0.3) is 0 Å². The van der Waals surface area contributed by atoms with E-state index in [-0.39, 0.29) is 4.90 Å². The highest BCUT2D eigenvalue weighted by molar-refractivity contribution is 7.89. The number of hydrogen-bond acceptors (Lipinski definition) is 5. The first-order valence-corrected chi connectivity index (χ1v) is 5.80. The number of nitrogens with one attached hydrogen (secondary N) is 2. The van der Waals surface area contributed by atoms with Crippen LogP contribution < -0.4 is 10.5 Å². The molecule has 9 heteroatoms. The molecule has 1 unspecified atom stereocenters. The minimum Gasteiger partial charge on any atom is -0.382 e. The molecule has 0 aliphatic heterocycles. The molecule has 0 fully saturated rings. The van der Waals surface area contributed by atoms with Crippen molar-refractivity contribution in [2.24, 2.45) is 5.73 Å². The van der Waals surface area contributed by atoms with E-state index in [1.165, 1.54) is 6.92 Å². The van der Waals surface area contributed by atoms with Gasteiger partial charge in [-0.3, -0.25) is 9.89 Å². The number of aryl methyl sites for hydroxylation is 1. The van der Waals surface area contributed by atoms with Crippen molar-refractivity contribution in [2.45, 2.75) is 17.9 Å². The lowest BCUT2D eigenvalue weighted by Gasteiger charge is -2.08. The van der Waals surface area contributed by atoms with Gasteiger partial charge in [-0.2, -0.15) is 5.10 Å². The molecule has 0 radical (unpaired) electrons. The fourth-order valence-corrected chi connectivity index (χ4v) is 2.15. The normalized spacial score (nSPS) is 13.6. The molecule has 0 spiro atoms. The number of carbonyl (C=O) groups is 1. The Morgan fingerprint density at radius 2 is 2.38 bits per heavy atom. The summed E-state index contributed by atoms with van der Waals surface area (Å²) < 4.78 is 25.3. The Balaban J connectivity index is 2.75. The lowest BCUT2D eigenvalue weighted by atomic mass is 10.3. The van der Waals surface area contributed by atoms with Crippen LogP contribution in [0, 0.1) is 6.92 Å². The van der Waals surface area contributed by atoms with Gasteiger partial charge in [0, 0.05) is 6.54 Å². The number of primary amides is 1. The van der Waals surface area contributed by atoms with Gasteiger partial charge in [0.2, 0.25) is 15.9 Å². The first kappa shape index (κ1) is 12.6. The molecule has 1 heterocycles. The number of aromatic nitrogens is 2. The van der Waals surface area contributed by atoms with Crippen LogP contribution in [0.5, 0.6) is 0 Å². The van der Waals surface area contributed by atoms with Gasteiger partial charge < -0.3 is 10.8 Å². The van der Waals surface area contributed by atoms with Gasteiger partial charge in [0.15, 0.2) is 0 Å². The minimum absolute atomic E-state index is 0.0378. The predicted molar refractivity (Wildman–Crippen MR) is 53.7 cm³/mol. The monoisotopic (exact) mass is 248 g/mol. The number of H-pyrrole nitrogens is 1. The SMILES string of the molecule is Cc1[nH]ncc1S(=O)(=O)NCC(O)C(N)=O. The summed E-state index contributed by atoms with van der Waals surface area (Å²) in [5, 5.41) is 15.0. The topological polar surface area (TPSA) is 138 Å². The first-order chi connectivity index (χ1) is 7.34. The minimum atomic E-state index is -3.79. The number of aliphatic hydroxyl groups excluding tert-OH is 1. The second-order valence-electron chi connectivity index (χ2n) is 3.13. The van der Waals surface area contributed by atoms with E-state index in [0.717, 1.165) is 6.20 Å². The van der Waals surface area contributed by atoms with Crippen LogP contribution in [-0.4, -0.2) is 42.3 Å². The molecule has 8 nitrogen and oxygen atoms in total. The zero-order valence-electron chi connectivity index (χ0n) is 8.47. The van der Waals surface area contributed by atoms with Gasteiger partial charge in [-0.1, -0.05) is 0 Å². The van der Waals surface area contributed by atoms with E-state index in [1.54, 1.807) is 0 Å². The molecule has 0 saturated heterocycles. The molecule has 1 atom stereocenters. The van der Waals surface area contributed by atoms with Crippen molar-refractivity contribution in [1.82, 2.24) is 14.9 Å². The van der Waals surface area contributed by atoms with Gasteiger partial charge in [0.1, 0.15) is 11.0 Å². The van der Waals surface area contributed by atoms with Gasteiger partial charge in [0.05, 0.1) is 11.9 Å². The first-order valence-electron chi connectivity index (χ1n) is 4.31. The maximum absolute atomic E-state index is 11.6. The van der Waals surface area contributed by atoms with Crippen molar-refractivity contribution in [2.75, 3.05) is 6.54 Å². The van der Waals surface area contributed by atoms with Crippen LogP contribution in [0.3, 0.4) is 0 Å². The molecular weight excluding hydrogens is 236 g/mol. The Labute approximate surface area is 91.9 Å². The molecule has 1 aromatic rings. The molecule has 0 saturated carbocycles. The van der Waals surface area contributed by atoms with Crippen LogP contribution in [-0.2, 0) is 14.8 Å². The van der Waals surface area contributed by atoms with E-state index in [2.05, 4.69) is 10.2 Å². The second-order valence-corrected chi connectivity index (χ2v) is 4.86. The summed E-state index contributed by atoms with van der Waals surface area (Å²) in [6, 6.07) is 0. The van der Waals surface area contributed by atoms with Crippen LogP contribution in [0.25, 0.3) is 0 Å². The third-order valence-electron chi connectivity index (χ3n) is 1.87. The largest absolute Gasteiger partial charge is 0.382 e. The maximum atomic E-state index is 11.6. The Morgan fingerprint density at radius 1 is 1.75 bits per heavy atom. The average molecular weight is 248 g/mol.